The average molecular weight is 336 g/mol. The van der Waals surface area contributed by atoms with Gasteiger partial charge < -0.3 is 14.7 Å². The Morgan fingerprint density at radius 3 is 2.79 bits per heavy atom. The number of aliphatic hydroxyl groups is 1. The lowest BCUT2D eigenvalue weighted by atomic mass is 10.1. The third kappa shape index (κ3) is 4.15. The molecule has 7 heteroatoms. The molecule has 2 aliphatic rings. The van der Waals surface area contributed by atoms with E-state index in [-0.39, 0.29) is 11.8 Å². The molecule has 1 aromatic rings. The maximum atomic E-state index is 12.6. The lowest BCUT2D eigenvalue weighted by Crippen LogP contribution is -2.51. The number of β-amino-alcohol motifs (C(OH)–C–C–N with tert-alkyl or cyclic N) is 1. The fourth-order valence-electron chi connectivity index (χ4n) is 3.46. The van der Waals surface area contributed by atoms with E-state index in [1.54, 1.807) is 4.68 Å². The van der Waals surface area contributed by atoms with Crippen LogP contribution in [0.5, 0.6) is 0 Å². The zero-order valence-electron chi connectivity index (χ0n) is 14.6. The number of hydrogen-bond donors (Lipinski definition) is 1. The highest BCUT2D eigenvalue weighted by Gasteiger charge is 2.46. The highest BCUT2D eigenvalue weighted by Crippen LogP contribution is 2.48. The number of aromatic nitrogens is 2. The number of nitrogens with zero attached hydrogens (tertiary/aromatic N) is 4. The summed E-state index contributed by atoms with van der Waals surface area (Å²) < 4.78 is 7.04. The first-order valence-corrected chi connectivity index (χ1v) is 8.84. The van der Waals surface area contributed by atoms with Crippen LogP contribution in [0.4, 0.5) is 0 Å². The molecule has 1 aliphatic carbocycles. The van der Waals surface area contributed by atoms with Crippen LogP contribution < -0.4 is 0 Å². The number of aliphatic hydroxyl groups excluding tert-OH is 1. The van der Waals surface area contributed by atoms with Crippen molar-refractivity contribution < 1.29 is 14.6 Å². The Labute approximate surface area is 143 Å². The number of aryl methyl sites for hydroxylation is 1. The second-order valence-electron chi connectivity index (χ2n) is 6.84. The quantitative estimate of drug-likeness (QED) is 0.763. The molecule has 1 aromatic heterocycles. The van der Waals surface area contributed by atoms with Crippen LogP contribution in [0.25, 0.3) is 0 Å². The van der Waals surface area contributed by atoms with E-state index >= 15 is 0 Å². The lowest BCUT2D eigenvalue weighted by molar-refractivity contribution is -0.134. The predicted octanol–water partition coefficient (Wildman–Crippen LogP) is 0.0652. The van der Waals surface area contributed by atoms with Crippen LogP contribution in [0.2, 0.25) is 0 Å². The molecular formula is C17H28N4O3. The van der Waals surface area contributed by atoms with Crippen LogP contribution in [0.1, 0.15) is 24.8 Å². The van der Waals surface area contributed by atoms with Crippen molar-refractivity contribution in [2.75, 3.05) is 45.9 Å². The first-order chi connectivity index (χ1) is 11.6. The molecule has 2 heterocycles. The van der Waals surface area contributed by atoms with Gasteiger partial charge in [-0.25, -0.2) is 0 Å². The molecule has 0 aromatic carbocycles. The summed E-state index contributed by atoms with van der Waals surface area (Å²) >= 11 is 0. The monoisotopic (exact) mass is 336 g/mol. The molecule has 2 fully saturated rings. The number of piperazine rings is 1. The Kier molecular flexibility index (Phi) is 5.53. The van der Waals surface area contributed by atoms with Gasteiger partial charge in [-0.3, -0.25) is 14.4 Å². The summed E-state index contributed by atoms with van der Waals surface area (Å²) in [5, 5.41) is 14.1. The SMILES string of the molecule is CCOC[C@H](O)CN1CCN(C(=O)[C@@H]2C[C@@H]2c2cnn(C)c2)CC1. The molecule has 24 heavy (non-hydrogen) atoms. The van der Waals surface area contributed by atoms with Crippen LogP contribution >= 0.6 is 0 Å². The molecule has 1 saturated carbocycles. The Balaban J connectivity index is 1.41. The lowest BCUT2D eigenvalue weighted by Gasteiger charge is -2.35. The van der Waals surface area contributed by atoms with Gasteiger partial charge in [-0.05, 0) is 24.8 Å². The Bertz CT molecular complexity index is 554. The molecule has 1 saturated heterocycles. The van der Waals surface area contributed by atoms with Crippen molar-refractivity contribution in [2.45, 2.75) is 25.4 Å². The van der Waals surface area contributed by atoms with Gasteiger partial charge in [0.2, 0.25) is 5.91 Å². The van der Waals surface area contributed by atoms with Gasteiger partial charge in [-0.15, -0.1) is 0 Å². The van der Waals surface area contributed by atoms with E-state index in [1.807, 2.05) is 31.3 Å². The van der Waals surface area contributed by atoms with Crippen LogP contribution in [0, 0.1) is 5.92 Å². The van der Waals surface area contributed by atoms with E-state index in [9.17, 15) is 9.90 Å². The zero-order chi connectivity index (χ0) is 17.1. The average Bonchev–Trinajstić information content (AvgIpc) is 3.27. The van der Waals surface area contributed by atoms with Crippen LogP contribution in [-0.2, 0) is 16.6 Å². The minimum Gasteiger partial charge on any atom is -0.389 e. The van der Waals surface area contributed by atoms with Gasteiger partial charge in [-0.1, -0.05) is 0 Å². The number of carbonyl (C=O) groups is 1. The molecule has 0 bridgehead atoms. The van der Waals surface area contributed by atoms with Gasteiger partial charge in [0, 0.05) is 58.5 Å². The minimum absolute atomic E-state index is 0.129. The third-order valence-corrected chi connectivity index (χ3v) is 4.93. The summed E-state index contributed by atoms with van der Waals surface area (Å²) in [4.78, 5) is 16.8. The molecule has 1 amide bonds. The molecule has 1 N–H and O–H groups in total. The molecule has 0 unspecified atom stereocenters. The number of rotatable bonds is 7. The predicted molar refractivity (Wildman–Crippen MR) is 89.6 cm³/mol. The van der Waals surface area contributed by atoms with E-state index in [0.29, 0.717) is 25.7 Å². The van der Waals surface area contributed by atoms with Gasteiger partial charge in [0.15, 0.2) is 0 Å². The fraction of sp³-hybridized carbons (Fsp3) is 0.765. The third-order valence-electron chi connectivity index (χ3n) is 4.93. The highest BCUT2D eigenvalue weighted by molar-refractivity contribution is 5.83. The van der Waals surface area contributed by atoms with Crippen molar-refractivity contribution in [1.29, 1.82) is 0 Å². The molecule has 0 radical (unpaired) electrons. The molecule has 134 valence electrons. The maximum absolute atomic E-state index is 12.6. The van der Waals surface area contributed by atoms with Crippen LogP contribution in [-0.4, -0.2) is 82.6 Å². The summed E-state index contributed by atoms with van der Waals surface area (Å²) in [7, 11) is 1.90. The van der Waals surface area contributed by atoms with Gasteiger partial charge in [0.1, 0.15) is 0 Å². The second-order valence-corrected chi connectivity index (χ2v) is 6.84. The van der Waals surface area contributed by atoms with Gasteiger partial charge in [0.25, 0.3) is 0 Å². The van der Waals surface area contributed by atoms with E-state index in [4.69, 9.17) is 4.74 Å². The second kappa shape index (κ2) is 7.63. The zero-order valence-corrected chi connectivity index (χ0v) is 14.6. The van der Waals surface area contributed by atoms with E-state index in [0.717, 1.165) is 32.6 Å². The van der Waals surface area contributed by atoms with Crippen LogP contribution in [0.3, 0.4) is 0 Å². The van der Waals surface area contributed by atoms with Crippen LogP contribution in [0.15, 0.2) is 12.4 Å². The Morgan fingerprint density at radius 1 is 1.42 bits per heavy atom. The number of ether oxygens (including phenoxy) is 1. The van der Waals surface area contributed by atoms with E-state index < -0.39 is 6.10 Å². The largest absolute Gasteiger partial charge is 0.389 e. The minimum atomic E-state index is -0.453. The molecule has 7 nitrogen and oxygen atoms in total. The standard InChI is InChI=1S/C17H28N4O3/c1-3-24-12-14(22)11-20-4-6-21(7-5-20)17(23)16-8-15(16)13-9-18-19(2)10-13/h9-10,14-16,22H,3-8,11-12H2,1-2H3/t14-,15-,16-/m1/s1. The number of amides is 1. The van der Waals surface area contributed by atoms with Crippen molar-refractivity contribution in [2.24, 2.45) is 13.0 Å². The summed E-state index contributed by atoms with van der Waals surface area (Å²) in [6.45, 7) is 6.67. The van der Waals surface area contributed by atoms with Gasteiger partial charge in [0.05, 0.1) is 18.9 Å². The van der Waals surface area contributed by atoms with Crippen molar-refractivity contribution in [3.63, 3.8) is 0 Å². The first kappa shape index (κ1) is 17.4. The van der Waals surface area contributed by atoms with Gasteiger partial charge in [-0.2, -0.15) is 5.10 Å². The molecule has 3 rings (SSSR count). The first-order valence-electron chi connectivity index (χ1n) is 8.84. The maximum Gasteiger partial charge on any atom is 0.226 e. The Hall–Kier alpha value is -1.44. The van der Waals surface area contributed by atoms with Crippen molar-refractivity contribution in [1.82, 2.24) is 19.6 Å². The van der Waals surface area contributed by atoms with Crippen molar-refractivity contribution in [3.8, 4) is 0 Å². The van der Waals surface area contributed by atoms with E-state index in [2.05, 4.69) is 10.00 Å². The molecule has 0 spiro atoms. The number of carbonyl (C=O) groups excluding carboxylic acids is 1. The fourth-order valence-corrected chi connectivity index (χ4v) is 3.46. The molecule has 1 aliphatic heterocycles. The highest BCUT2D eigenvalue weighted by atomic mass is 16.5. The number of hydrogen-bond acceptors (Lipinski definition) is 5. The summed E-state index contributed by atoms with van der Waals surface area (Å²) in [6, 6.07) is 0. The van der Waals surface area contributed by atoms with Crippen molar-refractivity contribution in [3.05, 3.63) is 18.0 Å². The summed E-state index contributed by atoms with van der Waals surface area (Å²) in [5.41, 5.74) is 1.17. The van der Waals surface area contributed by atoms with E-state index in [1.165, 1.54) is 5.56 Å². The van der Waals surface area contributed by atoms with Gasteiger partial charge >= 0.3 is 0 Å². The van der Waals surface area contributed by atoms with Crippen molar-refractivity contribution >= 4 is 5.91 Å². The summed E-state index contributed by atoms with van der Waals surface area (Å²) in [5.74, 6) is 0.750. The molecular weight excluding hydrogens is 308 g/mol. The normalized spacial score (nSPS) is 25.7. The Morgan fingerprint density at radius 2 is 2.17 bits per heavy atom. The topological polar surface area (TPSA) is 70.8 Å². The smallest absolute Gasteiger partial charge is 0.226 e. The summed E-state index contributed by atoms with van der Waals surface area (Å²) in [6.07, 6.45) is 4.37. The molecule has 3 atom stereocenters.